The first-order valence-corrected chi connectivity index (χ1v) is 11.5. The molecule has 30 heavy (non-hydrogen) atoms. The van der Waals surface area contributed by atoms with Gasteiger partial charge in [0.25, 0.3) is 5.91 Å². The Morgan fingerprint density at radius 3 is 2.77 bits per heavy atom. The van der Waals surface area contributed by atoms with E-state index in [9.17, 15) is 4.79 Å². The van der Waals surface area contributed by atoms with Gasteiger partial charge in [-0.15, -0.1) is 0 Å². The number of carbonyl (C=O) groups is 1. The van der Waals surface area contributed by atoms with Crippen molar-refractivity contribution in [1.29, 1.82) is 0 Å². The molecule has 2 heterocycles. The number of benzene rings is 1. The van der Waals surface area contributed by atoms with Crippen molar-refractivity contribution in [3.63, 3.8) is 0 Å². The number of amides is 1. The molecule has 3 aliphatic carbocycles. The van der Waals surface area contributed by atoms with E-state index in [4.69, 9.17) is 4.42 Å². The van der Waals surface area contributed by atoms with E-state index in [0.717, 1.165) is 24.2 Å². The summed E-state index contributed by atoms with van der Waals surface area (Å²) in [5, 5.41) is 3.28. The molecule has 1 aromatic heterocycles. The quantitative estimate of drug-likeness (QED) is 0.711. The molecule has 4 atom stereocenters. The molecule has 6 rings (SSSR count). The largest absolute Gasteiger partial charge is 0.472 e. The lowest BCUT2D eigenvalue weighted by molar-refractivity contribution is 0.0920. The van der Waals surface area contributed by atoms with Crippen molar-refractivity contribution in [2.45, 2.75) is 43.6 Å². The number of nitrogens with one attached hydrogen (secondary N) is 1. The van der Waals surface area contributed by atoms with Gasteiger partial charge >= 0.3 is 0 Å². The third-order valence-corrected chi connectivity index (χ3v) is 8.31. The Balaban J connectivity index is 0.00000122. The van der Waals surface area contributed by atoms with Crippen molar-refractivity contribution in [2.24, 2.45) is 17.8 Å². The highest BCUT2D eigenvalue weighted by Crippen LogP contribution is 2.51. The number of allylic oxidation sites excluding steroid dienone is 2. The van der Waals surface area contributed by atoms with Crippen LogP contribution in [-0.2, 0) is 5.41 Å². The third-order valence-electron chi connectivity index (χ3n) is 8.31. The average molecular weight is 407 g/mol. The van der Waals surface area contributed by atoms with E-state index >= 15 is 0 Å². The normalized spacial score (nSPS) is 31.3. The zero-order valence-corrected chi connectivity index (χ0v) is 17.4. The monoisotopic (exact) mass is 406 g/mol. The Morgan fingerprint density at radius 1 is 1.17 bits per heavy atom. The third kappa shape index (κ3) is 3.04. The van der Waals surface area contributed by atoms with Crippen LogP contribution >= 0.6 is 0 Å². The van der Waals surface area contributed by atoms with Crippen LogP contribution in [-0.4, -0.2) is 30.4 Å². The fraction of sp³-hybridized carbons (Fsp3) is 0.500. The minimum Gasteiger partial charge on any atom is -0.472 e. The van der Waals surface area contributed by atoms with Gasteiger partial charge in [-0.2, -0.15) is 0 Å². The molecule has 1 unspecified atom stereocenters. The van der Waals surface area contributed by atoms with Gasteiger partial charge in [-0.25, -0.2) is 0 Å². The fourth-order valence-corrected chi connectivity index (χ4v) is 6.73. The second-order valence-electron chi connectivity index (χ2n) is 9.95. The van der Waals surface area contributed by atoms with Crippen LogP contribution < -0.4 is 5.32 Å². The molecule has 1 N–H and O–H groups in total. The summed E-state index contributed by atoms with van der Waals surface area (Å²) in [5.74, 6) is 2.52. The minimum absolute atomic E-state index is 0. The summed E-state index contributed by atoms with van der Waals surface area (Å²) in [7, 11) is 0. The lowest BCUT2D eigenvalue weighted by Gasteiger charge is -2.41. The van der Waals surface area contributed by atoms with Gasteiger partial charge in [0.2, 0.25) is 0 Å². The predicted molar refractivity (Wildman–Crippen MR) is 120 cm³/mol. The Morgan fingerprint density at radius 2 is 2.03 bits per heavy atom. The first-order valence-electron chi connectivity index (χ1n) is 11.5. The first-order chi connectivity index (χ1) is 14.7. The molecular formula is C26H34N2O2. The van der Waals surface area contributed by atoms with Gasteiger partial charge < -0.3 is 14.6 Å². The Labute approximate surface area is 181 Å². The van der Waals surface area contributed by atoms with Gasteiger partial charge in [-0.1, -0.05) is 36.4 Å². The summed E-state index contributed by atoms with van der Waals surface area (Å²) in [6.07, 6.45) is 14.2. The summed E-state index contributed by atoms with van der Waals surface area (Å²) >= 11 is 0. The van der Waals surface area contributed by atoms with Crippen molar-refractivity contribution in [3.05, 3.63) is 71.7 Å². The minimum atomic E-state index is -0.0395. The van der Waals surface area contributed by atoms with Crippen LogP contribution in [0.15, 0.2) is 59.4 Å². The molecule has 2 aromatic rings. The Bertz CT molecular complexity index is 966. The van der Waals surface area contributed by atoms with Gasteiger partial charge in [-0.3, -0.25) is 4.79 Å². The number of hydrogen-bond donors (Lipinski definition) is 1. The van der Waals surface area contributed by atoms with Crippen molar-refractivity contribution < 1.29 is 12.1 Å². The second kappa shape index (κ2) is 7.12. The summed E-state index contributed by atoms with van der Waals surface area (Å²) in [5.41, 5.74) is 3.57. The smallest absolute Gasteiger partial charge is 0.255 e. The molecular weight excluding hydrogens is 372 g/mol. The average Bonchev–Trinajstić information content (AvgIpc) is 3.56. The molecule has 1 amide bonds. The highest BCUT2D eigenvalue weighted by molar-refractivity contribution is 5.94. The zero-order valence-electron chi connectivity index (χ0n) is 17.4. The highest BCUT2D eigenvalue weighted by Gasteiger charge is 2.46. The van der Waals surface area contributed by atoms with Crippen LogP contribution in [0, 0.1) is 17.8 Å². The van der Waals surface area contributed by atoms with E-state index in [-0.39, 0.29) is 20.2 Å². The fourth-order valence-electron chi connectivity index (χ4n) is 6.73. The SMILES string of the molecule is O=C(N[C@H]1CC2(CCN(C[C@@H]3C[C@H]4C=CC3C4)CC2)c2ccccc21)c1ccoc1.[HH].[HH]. The van der Waals surface area contributed by atoms with Crippen molar-refractivity contribution in [1.82, 2.24) is 10.2 Å². The summed E-state index contributed by atoms with van der Waals surface area (Å²) in [6, 6.07) is 10.6. The predicted octanol–water partition coefficient (Wildman–Crippen LogP) is 5.19. The van der Waals surface area contributed by atoms with Crippen LogP contribution in [0.2, 0.25) is 0 Å². The maximum atomic E-state index is 12.7. The molecule has 4 aliphatic rings. The number of nitrogens with zero attached hydrogens (tertiary/aromatic N) is 1. The molecule has 4 nitrogen and oxygen atoms in total. The molecule has 1 saturated carbocycles. The number of rotatable bonds is 4. The van der Waals surface area contributed by atoms with E-state index in [1.54, 1.807) is 12.3 Å². The number of hydrogen-bond acceptors (Lipinski definition) is 3. The molecule has 4 heteroatoms. The van der Waals surface area contributed by atoms with Gasteiger partial charge in [0, 0.05) is 14.8 Å². The topological polar surface area (TPSA) is 45.5 Å². The van der Waals surface area contributed by atoms with E-state index < -0.39 is 0 Å². The van der Waals surface area contributed by atoms with Crippen molar-refractivity contribution in [2.75, 3.05) is 19.6 Å². The Kier molecular flexibility index (Phi) is 4.38. The van der Waals surface area contributed by atoms with Crippen LogP contribution in [0.5, 0.6) is 0 Å². The zero-order chi connectivity index (χ0) is 20.1. The van der Waals surface area contributed by atoms with Crippen molar-refractivity contribution in [3.8, 4) is 0 Å². The van der Waals surface area contributed by atoms with E-state index in [2.05, 4.69) is 46.6 Å². The van der Waals surface area contributed by atoms with E-state index in [1.807, 2.05) is 0 Å². The van der Waals surface area contributed by atoms with E-state index in [0.29, 0.717) is 5.56 Å². The number of likely N-dealkylation sites (tertiary alicyclic amines) is 1. The number of carbonyl (C=O) groups excluding carboxylic acids is 1. The lowest BCUT2D eigenvalue weighted by atomic mass is 9.73. The van der Waals surface area contributed by atoms with Gasteiger partial charge in [0.15, 0.2) is 0 Å². The summed E-state index contributed by atoms with van der Waals surface area (Å²) in [4.78, 5) is 15.4. The van der Waals surface area contributed by atoms with Crippen LogP contribution in [0.3, 0.4) is 0 Å². The maximum Gasteiger partial charge on any atom is 0.255 e. The number of fused-ring (bicyclic) bond motifs is 4. The number of furan rings is 1. The molecule has 1 aliphatic heterocycles. The van der Waals surface area contributed by atoms with Gasteiger partial charge in [0.1, 0.15) is 6.26 Å². The Hall–Kier alpha value is -2.33. The molecule has 2 fully saturated rings. The summed E-state index contributed by atoms with van der Waals surface area (Å²) in [6.45, 7) is 3.62. The molecule has 0 radical (unpaired) electrons. The van der Waals surface area contributed by atoms with E-state index in [1.165, 1.54) is 62.7 Å². The molecule has 160 valence electrons. The van der Waals surface area contributed by atoms with Crippen molar-refractivity contribution >= 4 is 5.91 Å². The van der Waals surface area contributed by atoms with Gasteiger partial charge in [-0.05, 0) is 80.1 Å². The highest BCUT2D eigenvalue weighted by atomic mass is 16.3. The number of piperidine rings is 1. The first kappa shape index (κ1) is 18.4. The van der Waals surface area contributed by atoms with Crippen LogP contribution in [0.1, 0.15) is 62.5 Å². The summed E-state index contributed by atoms with van der Waals surface area (Å²) < 4.78 is 5.09. The molecule has 2 bridgehead atoms. The van der Waals surface area contributed by atoms with Crippen LogP contribution in [0.25, 0.3) is 0 Å². The lowest BCUT2D eigenvalue weighted by Crippen LogP contribution is -2.44. The van der Waals surface area contributed by atoms with Crippen LogP contribution in [0.4, 0.5) is 0 Å². The maximum absolute atomic E-state index is 12.7. The molecule has 1 saturated heterocycles. The van der Waals surface area contributed by atoms with Gasteiger partial charge in [0.05, 0.1) is 17.9 Å². The second-order valence-corrected chi connectivity index (χ2v) is 9.95. The molecule has 1 spiro atoms. The molecule has 1 aromatic carbocycles. The standard InChI is InChI=1S/C26H30N2O2.2H2/c29-25(20-7-12-30-17-20)27-24-15-26(23-4-2-1-3-22(23)24)8-10-28(11-9-26)16-21-14-18-5-6-19(21)13-18;;/h1-7,12,17-19,21,24H,8-11,13-16H2,(H,27,29);2*1H/t18-,19?,21-,24-;;/m0../s1.